The number of aromatic amines is 1. The molecule has 80 valence electrons. The molecule has 0 spiro atoms. The zero-order chi connectivity index (χ0) is 10.7. The third kappa shape index (κ3) is 2.47. The van der Waals surface area contributed by atoms with Gasteiger partial charge in [-0.2, -0.15) is 0 Å². The normalized spacial score (nSPS) is 10.8. The Morgan fingerprint density at radius 2 is 2.20 bits per heavy atom. The van der Waals surface area contributed by atoms with Crippen LogP contribution in [0.5, 0.6) is 0 Å². The van der Waals surface area contributed by atoms with Crippen molar-refractivity contribution in [2.45, 2.75) is 26.9 Å². The van der Waals surface area contributed by atoms with Crippen molar-refractivity contribution in [1.82, 2.24) is 15.3 Å². The van der Waals surface area contributed by atoms with Crippen molar-refractivity contribution >= 4 is 0 Å². The Morgan fingerprint density at radius 3 is 2.80 bits per heavy atom. The van der Waals surface area contributed by atoms with E-state index in [1.54, 1.807) is 6.33 Å². The predicted molar refractivity (Wildman–Crippen MR) is 57.3 cm³/mol. The zero-order valence-electron chi connectivity index (χ0n) is 9.00. The molecule has 0 aliphatic heterocycles. The highest BCUT2D eigenvalue weighted by Crippen LogP contribution is 2.06. The molecule has 0 saturated heterocycles. The van der Waals surface area contributed by atoms with Gasteiger partial charge in [0.25, 0.3) is 0 Å². The molecule has 0 saturated carbocycles. The molecule has 2 aromatic rings. The Labute approximate surface area is 88.7 Å². The van der Waals surface area contributed by atoms with Crippen molar-refractivity contribution in [2.75, 3.05) is 0 Å². The van der Waals surface area contributed by atoms with Crippen LogP contribution < -0.4 is 5.32 Å². The lowest BCUT2D eigenvalue weighted by Gasteiger charge is -2.00. The molecule has 0 fully saturated rings. The highest BCUT2D eigenvalue weighted by Gasteiger charge is 2.01. The molecule has 15 heavy (non-hydrogen) atoms. The van der Waals surface area contributed by atoms with Gasteiger partial charge in [0.2, 0.25) is 0 Å². The van der Waals surface area contributed by atoms with Crippen LogP contribution in [-0.4, -0.2) is 9.97 Å². The topological polar surface area (TPSA) is 53.9 Å². The molecule has 0 unspecified atom stereocenters. The number of imidazole rings is 1. The maximum Gasteiger partial charge on any atom is 0.117 e. The van der Waals surface area contributed by atoms with E-state index in [-0.39, 0.29) is 0 Å². The van der Waals surface area contributed by atoms with E-state index in [2.05, 4.69) is 15.3 Å². The summed E-state index contributed by atoms with van der Waals surface area (Å²) in [6, 6.07) is 3.95. The molecule has 0 aliphatic rings. The summed E-state index contributed by atoms with van der Waals surface area (Å²) in [4.78, 5) is 7.25. The first-order valence-electron chi connectivity index (χ1n) is 5.00. The van der Waals surface area contributed by atoms with Gasteiger partial charge in [-0.25, -0.2) is 4.98 Å². The smallest absolute Gasteiger partial charge is 0.117 e. The SMILES string of the molecule is Cc1ccc(CNCc2nc[nH]c2C)o1. The van der Waals surface area contributed by atoms with E-state index in [4.69, 9.17) is 4.42 Å². The van der Waals surface area contributed by atoms with Gasteiger partial charge in [-0.05, 0) is 26.0 Å². The maximum atomic E-state index is 5.44. The third-order valence-electron chi connectivity index (χ3n) is 2.32. The van der Waals surface area contributed by atoms with Gasteiger partial charge in [0.1, 0.15) is 11.5 Å². The van der Waals surface area contributed by atoms with E-state index < -0.39 is 0 Å². The van der Waals surface area contributed by atoms with Crippen LogP contribution in [0.4, 0.5) is 0 Å². The monoisotopic (exact) mass is 205 g/mol. The lowest BCUT2D eigenvalue weighted by atomic mass is 10.3. The van der Waals surface area contributed by atoms with Gasteiger partial charge in [-0.3, -0.25) is 0 Å². The molecule has 4 nitrogen and oxygen atoms in total. The van der Waals surface area contributed by atoms with Gasteiger partial charge in [-0.15, -0.1) is 0 Å². The van der Waals surface area contributed by atoms with Crippen LogP contribution in [0.25, 0.3) is 0 Å². The first-order valence-corrected chi connectivity index (χ1v) is 5.00. The minimum Gasteiger partial charge on any atom is -0.465 e. The Bertz CT molecular complexity index is 430. The van der Waals surface area contributed by atoms with E-state index in [0.717, 1.165) is 36.0 Å². The largest absolute Gasteiger partial charge is 0.465 e. The van der Waals surface area contributed by atoms with Gasteiger partial charge < -0.3 is 14.7 Å². The van der Waals surface area contributed by atoms with Gasteiger partial charge in [0, 0.05) is 12.2 Å². The van der Waals surface area contributed by atoms with E-state index >= 15 is 0 Å². The second-order valence-corrected chi connectivity index (χ2v) is 3.59. The van der Waals surface area contributed by atoms with Crippen LogP contribution in [0.3, 0.4) is 0 Å². The van der Waals surface area contributed by atoms with Crippen LogP contribution in [0.2, 0.25) is 0 Å². The molecule has 0 radical (unpaired) electrons. The average molecular weight is 205 g/mol. The molecule has 4 heteroatoms. The molecule has 0 atom stereocenters. The lowest BCUT2D eigenvalue weighted by molar-refractivity contribution is 0.461. The Kier molecular flexibility index (Phi) is 2.87. The molecule has 2 rings (SSSR count). The fraction of sp³-hybridized carbons (Fsp3) is 0.364. The number of aromatic nitrogens is 2. The molecule has 2 heterocycles. The average Bonchev–Trinajstić information content (AvgIpc) is 2.77. The highest BCUT2D eigenvalue weighted by molar-refractivity contribution is 5.09. The molecule has 0 bridgehead atoms. The summed E-state index contributed by atoms with van der Waals surface area (Å²) in [5, 5.41) is 3.28. The van der Waals surface area contributed by atoms with E-state index in [1.807, 2.05) is 26.0 Å². The minimum atomic E-state index is 0.736. The Morgan fingerprint density at radius 1 is 1.33 bits per heavy atom. The fourth-order valence-electron chi connectivity index (χ4n) is 1.45. The number of hydrogen-bond donors (Lipinski definition) is 2. The molecular weight excluding hydrogens is 190 g/mol. The van der Waals surface area contributed by atoms with Crippen molar-refractivity contribution < 1.29 is 4.42 Å². The molecule has 2 aromatic heterocycles. The summed E-state index contributed by atoms with van der Waals surface area (Å²) in [5.74, 6) is 1.91. The highest BCUT2D eigenvalue weighted by atomic mass is 16.3. The first-order chi connectivity index (χ1) is 7.25. The summed E-state index contributed by atoms with van der Waals surface area (Å²) in [7, 11) is 0. The third-order valence-corrected chi connectivity index (χ3v) is 2.32. The van der Waals surface area contributed by atoms with Gasteiger partial charge in [-0.1, -0.05) is 0 Å². The molecule has 2 N–H and O–H groups in total. The predicted octanol–water partition coefficient (Wildman–Crippen LogP) is 1.91. The standard InChI is InChI=1S/C11H15N3O/c1-8-3-4-10(15-8)5-12-6-11-9(2)13-7-14-11/h3-4,7,12H,5-6H2,1-2H3,(H,13,14). The van der Waals surface area contributed by atoms with Crippen molar-refractivity contribution in [3.63, 3.8) is 0 Å². The summed E-state index contributed by atoms with van der Waals surface area (Å²) in [6.07, 6.45) is 1.71. The minimum absolute atomic E-state index is 0.736. The van der Waals surface area contributed by atoms with E-state index in [1.165, 1.54) is 0 Å². The van der Waals surface area contributed by atoms with Crippen LogP contribution in [0, 0.1) is 13.8 Å². The maximum absolute atomic E-state index is 5.44. The molecular formula is C11H15N3O. The summed E-state index contributed by atoms with van der Waals surface area (Å²) in [6.45, 7) is 5.46. The van der Waals surface area contributed by atoms with Gasteiger partial charge in [0.05, 0.1) is 18.6 Å². The van der Waals surface area contributed by atoms with Crippen molar-refractivity contribution in [3.8, 4) is 0 Å². The van der Waals surface area contributed by atoms with E-state index in [9.17, 15) is 0 Å². The summed E-state index contributed by atoms with van der Waals surface area (Å²) in [5.41, 5.74) is 2.16. The van der Waals surface area contributed by atoms with Gasteiger partial charge >= 0.3 is 0 Å². The van der Waals surface area contributed by atoms with Crippen LogP contribution in [0.1, 0.15) is 22.9 Å². The summed E-state index contributed by atoms with van der Waals surface area (Å²) < 4.78 is 5.44. The number of nitrogens with zero attached hydrogens (tertiary/aromatic N) is 1. The van der Waals surface area contributed by atoms with Crippen molar-refractivity contribution in [2.24, 2.45) is 0 Å². The number of rotatable bonds is 4. The number of nitrogens with one attached hydrogen (secondary N) is 2. The van der Waals surface area contributed by atoms with E-state index in [0.29, 0.717) is 0 Å². The number of hydrogen-bond acceptors (Lipinski definition) is 3. The second kappa shape index (κ2) is 4.31. The number of aryl methyl sites for hydroxylation is 2. The Balaban J connectivity index is 1.83. The first kappa shape index (κ1) is 9.98. The Hall–Kier alpha value is -1.55. The fourth-order valence-corrected chi connectivity index (χ4v) is 1.45. The van der Waals surface area contributed by atoms with Crippen molar-refractivity contribution in [3.05, 3.63) is 41.4 Å². The summed E-state index contributed by atoms with van der Waals surface area (Å²) >= 11 is 0. The van der Waals surface area contributed by atoms with Gasteiger partial charge in [0.15, 0.2) is 0 Å². The second-order valence-electron chi connectivity index (χ2n) is 3.59. The molecule has 0 amide bonds. The lowest BCUT2D eigenvalue weighted by Crippen LogP contribution is -2.13. The number of furan rings is 1. The van der Waals surface area contributed by atoms with Crippen LogP contribution >= 0.6 is 0 Å². The van der Waals surface area contributed by atoms with Crippen LogP contribution in [0.15, 0.2) is 22.9 Å². The molecule has 0 aliphatic carbocycles. The van der Waals surface area contributed by atoms with Crippen molar-refractivity contribution in [1.29, 1.82) is 0 Å². The quantitative estimate of drug-likeness (QED) is 0.801. The zero-order valence-corrected chi connectivity index (χ0v) is 9.00. The number of H-pyrrole nitrogens is 1. The van der Waals surface area contributed by atoms with Crippen LogP contribution in [-0.2, 0) is 13.1 Å². The molecule has 0 aromatic carbocycles.